The second-order valence-electron chi connectivity index (χ2n) is 7.80. The number of hydrogen-bond acceptors (Lipinski definition) is 2. The Labute approximate surface area is 175 Å². The maximum Gasteiger partial charge on any atom is 0.416 e. The van der Waals surface area contributed by atoms with Crippen LogP contribution in [-0.2, 0) is 28.7 Å². The highest BCUT2D eigenvalue weighted by Crippen LogP contribution is 2.42. The molecular formula is C23H20F5NO2. The minimum Gasteiger partial charge on any atom is -0.469 e. The Bertz CT molecular complexity index is 1130. The molecule has 0 spiro atoms. The third-order valence-corrected chi connectivity index (χ3v) is 5.85. The van der Waals surface area contributed by atoms with Crippen LogP contribution in [0.15, 0.2) is 36.4 Å². The van der Waals surface area contributed by atoms with Crippen molar-refractivity contribution in [1.29, 1.82) is 0 Å². The smallest absolute Gasteiger partial charge is 0.416 e. The number of benzene rings is 2. The van der Waals surface area contributed by atoms with Crippen LogP contribution in [0.3, 0.4) is 0 Å². The topological polar surface area (TPSA) is 31.2 Å². The summed E-state index contributed by atoms with van der Waals surface area (Å²) in [5, 5.41) is 0.439. The predicted molar refractivity (Wildman–Crippen MR) is 105 cm³/mol. The highest BCUT2D eigenvalue weighted by atomic mass is 19.4. The number of alkyl halides is 3. The molecule has 2 aromatic carbocycles. The van der Waals surface area contributed by atoms with Crippen LogP contribution >= 0.6 is 0 Å². The number of aromatic nitrogens is 1. The zero-order valence-electron chi connectivity index (χ0n) is 16.7. The lowest BCUT2D eigenvalue weighted by Crippen LogP contribution is -2.18. The number of aryl methyl sites for hydroxylation is 1. The molecule has 4 rings (SSSR count). The number of hydrogen-bond donors (Lipinski definition) is 0. The van der Waals surface area contributed by atoms with E-state index in [-0.39, 0.29) is 24.4 Å². The lowest BCUT2D eigenvalue weighted by atomic mass is 9.84. The Kier molecular flexibility index (Phi) is 5.49. The first kappa shape index (κ1) is 21.3. The Morgan fingerprint density at radius 3 is 2.52 bits per heavy atom. The van der Waals surface area contributed by atoms with E-state index >= 15 is 0 Å². The maximum atomic E-state index is 14.9. The van der Waals surface area contributed by atoms with Gasteiger partial charge in [-0.1, -0.05) is 12.1 Å². The van der Waals surface area contributed by atoms with Crippen LogP contribution in [0, 0.1) is 11.6 Å². The van der Waals surface area contributed by atoms with E-state index in [1.807, 2.05) is 0 Å². The van der Waals surface area contributed by atoms with Gasteiger partial charge >= 0.3 is 12.1 Å². The van der Waals surface area contributed by atoms with Gasteiger partial charge in [-0.05, 0) is 48.6 Å². The fourth-order valence-corrected chi connectivity index (χ4v) is 4.51. The van der Waals surface area contributed by atoms with Crippen molar-refractivity contribution < 1.29 is 31.5 Å². The first-order valence-electron chi connectivity index (χ1n) is 9.92. The molecule has 0 fully saturated rings. The fraction of sp³-hybridized carbons (Fsp3) is 0.348. The van der Waals surface area contributed by atoms with E-state index in [9.17, 15) is 26.7 Å². The summed E-state index contributed by atoms with van der Waals surface area (Å²) in [6.45, 7) is 0.101. The molecule has 0 N–H and O–H groups in total. The molecule has 0 saturated carbocycles. The first-order valence-corrected chi connectivity index (χ1v) is 9.92. The van der Waals surface area contributed by atoms with Crippen LogP contribution in [0.4, 0.5) is 22.0 Å². The van der Waals surface area contributed by atoms with Crippen LogP contribution in [0.2, 0.25) is 0 Å². The molecule has 164 valence electrons. The van der Waals surface area contributed by atoms with Gasteiger partial charge in [0.05, 0.1) is 24.6 Å². The molecule has 0 bridgehead atoms. The molecule has 0 aliphatic heterocycles. The van der Waals surface area contributed by atoms with Gasteiger partial charge < -0.3 is 9.30 Å². The van der Waals surface area contributed by atoms with Gasteiger partial charge in [0.2, 0.25) is 0 Å². The van der Waals surface area contributed by atoms with Crippen molar-refractivity contribution in [3.8, 4) is 0 Å². The van der Waals surface area contributed by atoms with Gasteiger partial charge in [0.1, 0.15) is 11.6 Å². The normalized spacial score (nSPS) is 16.4. The van der Waals surface area contributed by atoms with E-state index < -0.39 is 29.3 Å². The third kappa shape index (κ3) is 4.03. The van der Waals surface area contributed by atoms with E-state index in [4.69, 9.17) is 4.74 Å². The number of esters is 1. The molecule has 8 heteroatoms. The average Bonchev–Trinajstić information content (AvgIpc) is 3.02. The molecule has 31 heavy (non-hydrogen) atoms. The first-order chi connectivity index (χ1) is 14.7. The standard InChI is InChI=1S/C23H20F5NO2/c1-31-20(30)9-14-3-2-4-17-18-10-16(24)11-19(25)22(18)29(21(14)17)12-13-5-7-15(8-6-13)23(26,27)28/h5-8,10-11,14H,2-4,9,12H2,1H3. The van der Waals surface area contributed by atoms with Crippen LogP contribution < -0.4 is 0 Å². The summed E-state index contributed by atoms with van der Waals surface area (Å²) in [5.74, 6) is -2.10. The molecule has 3 aromatic rings. The van der Waals surface area contributed by atoms with Crippen LogP contribution in [0.25, 0.3) is 10.9 Å². The van der Waals surface area contributed by atoms with Gasteiger partial charge in [-0.3, -0.25) is 4.79 Å². The van der Waals surface area contributed by atoms with Gasteiger partial charge in [0.15, 0.2) is 0 Å². The molecule has 1 atom stereocenters. The lowest BCUT2D eigenvalue weighted by molar-refractivity contribution is -0.141. The Balaban J connectivity index is 1.85. The number of carbonyl (C=O) groups excluding carboxylic acids is 1. The molecule has 0 saturated heterocycles. The van der Waals surface area contributed by atoms with Crippen LogP contribution in [0.5, 0.6) is 0 Å². The Morgan fingerprint density at radius 2 is 1.87 bits per heavy atom. The average molecular weight is 437 g/mol. The molecule has 1 aliphatic carbocycles. The van der Waals surface area contributed by atoms with E-state index in [1.54, 1.807) is 4.57 Å². The van der Waals surface area contributed by atoms with Crippen LogP contribution in [-0.4, -0.2) is 17.6 Å². The molecule has 1 heterocycles. The Hall–Kier alpha value is -2.90. The highest BCUT2D eigenvalue weighted by Gasteiger charge is 2.32. The predicted octanol–water partition coefficient (Wildman–Crippen LogP) is 5.97. The third-order valence-electron chi connectivity index (χ3n) is 5.85. The minimum absolute atomic E-state index is 0.0942. The van der Waals surface area contributed by atoms with Gasteiger partial charge in [0.25, 0.3) is 0 Å². The van der Waals surface area contributed by atoms with E-state index in [0.29, 0.717) is 23.8 Å². The number of fused-ring (bicyclic) bond motifs is 3. The second-order valence-corrected chi connectivity index (χ2v) is 7.80. The number of rotatable bonds is 4. The van der Waals surface area contributed by atoms with Crippen molar-refractivity contribution >= 4 is 16.9 Å². The number of methoxy groups -OCH3 is 1. The monoisotopic (exact) mass is 437 g/mol. The van der Waals surface area contributed by atoms with Crippen molar-refractivity contribution in [3.63, 3.8) is 0 Å². The molecule has 0 radical (unpaired) electrons. The summed E-state index contributed by atoms with van der Waals surface area (Å²) in [5.41, 5.74) is 1.46. The van der Waals surface area contributed by atoms with Crippen molar-refractivity contribution in [3.05, 3.63) is 70.4 Å². The zero-order valence-corrected chi connectivity index (χ0v) is 16.7. The van der Waals surface area contributed by atoms with E-state index in [0.717, 1.165) is 35.9 Å². The van der Waals surface area contributed by atoms with Gasteiger partial charge in [-0.2, -0.15) is 13.2 Å². The molecular weight excluding hydrogens is 417 g/mol. The number of ether oxygens (including phenoxy) is 1. The van der Waals surface area contributed by atoms with Gasteiger partial charge in [-0.25, -0.2) is 8.78 Å². The quantitative estimate of drug-likeness (QED) is 0.372. The van der Waals surface area contributed by atoms with Crippen molar-refractivity contribution in [1.82, 2.24) is 4.57 Å². The largest absolute Gasteiger partial charge is 0.469 e. The summed E-state index contributed by atoms with van der Waals surface area (Å²) in [7, 11) is 1.29. The number of halogens is 5. The molecule has 1 unspecified atom stereocenters. The van der Waals surface area contributed by atoms with Gasteiger partial charge in [0, 0.05) is 29.6 Å². The van der Waals surface area contributed by atoms with E-state index in [1.165, 1.54) is 25.3 Å². The van der Waals surface area contributed by atoms with Crippen molar-refractivity contribution in [2.75, 3.05) is 7.11 Å². The van der Waals surface area contributed by atoms with Gasteiger partial charge in [-0.15, -0.1) is 0 Å². The summed E-state index contributed by atoms with van der Waals surface area (Å²) >= 11 is 0. The van der Waals surface area contributed by atoms with Crippen molar-refractivity contribution in [2.45, 2.75) is 44.3 Å². The number of carbonyl (C=O) groups is 1. The highest BCUT2D eigenvalue weighted by molar-refractivity contribution is 5.87. The maximum absolute atomic E-state index is 14.9. The van der Waals surface area contributed by atoms with E-state index in [2.05, 4.69) is 0 Å². The minimum atomic E-state index is -4.45. The molecule has 1 aromatic heterocycles. The van der Waals surface area contributed by atoms with Crippen molar-refractivity contribution in [2.24, 2.45) is 0 Å². The summed E-state index contributed by atoms with van der Waals surface area (Å²) in [6, 6.07) is 6.74. The summed E-state index contributed by atoms with van der Waals surface area (Å²) in [6.07, 6.45) is -2.32. The van der Waals surface area contributed by atoms with Crippen LogP contribution in [0.1, 0.15) is 47.6 Å². The summed E-state index contributed by atoms with van der Waals surface area (Å²) < 4.78 is 74.0. The molecule has 0 amide bonds. The fourth-order valence-electron chi connectivity index (χ4n) is 4.51. The summed E-state index contributed by atoms with van der Waals surface area (Å²) in [4.78, 5) is 12.0. The lowest BCUT2D eigenvalue weighted by Gasteiger charge is -2.25. The second kappa shape index (κ2) is 7.98. The molecule has 3 nitrogen and oxygen atoms in total. The zero-order chi connectivity index (χ0) is 22.3. The molecule has 1 aliphatic rings. The Morgan fingerprint density at radius 1 is 1.16 bits per heavy atom. The SMILES string of the molecule is COC(=O)CC1CCCc2c1n(Cc1ccc(C(F)(F)F)cc1)c1c(F)cc(F)cc21. The number of nitrogens with zero attached hydrogens (tertiary/aromatic N) is 1.